The molecule has 0 aliphatic carbocycles. The standard InChI is InChI=1S/C7H7ClN2O4S/c8-15(13,14)9-5-6-1-3-7(4-2-6)10(11)12/h1-4,9H,5H2. The average molecular weight is 251 g/mol. The molecule has 0 aromatic heterocycles. The third kappa shape index (κ3) is 4.24. The van der Waals surface area contributed by atoms with E-state index in [0.717, 1.165) is 0 Å². The Balaban J connectivity index is 2.69. The maximum Gasteiger partial charge on any atom is 0.297 e. The topological polar surface area (TPSA) is 89.3 Å². The van der Waals surface area contributed by atoms with Gasteiger partial charge in [0.25, 0.3) is 14.9 Å². The average Bonchev–Trinajstić information content (AvgIpc) is 2.14. The molecule has 0 bridgehead atoms. The number of nitro groups is 1. The molecular formula is C7H7ClN2O4S. The molecule has 1 N–H and O–H groups in total. The molecule has 0 atom stereocenters. The van der Waals surface area contributed by atoms with E-state index >= 15 is 0 Å². The lowest BCUT2D eigenvalue weighted by atomic mass is 10.2. The molecule has 6 nitrogen and oxygen atoms in total. The molecule has 15 heavy (non-hydrogen) atoms. The molecule has 1 aromatic carbocycles. The Hall–Kier alpha value is -1.18. The number of benzene rings is 1. The van der Waals surface area contributed by atoms with Gasteiger partial charge in [0.1, 0.15) is 0 Å². The number of hydrogen-bond acceptors (Lipinski definition) is 4. The minimum absolute atomic E-state index is 0.00380. The van der Waals surface area contributed by atoms with Gasteiger partial charge in [0.15, 0.2) is 0 Å². The normalized spacial score (nSPS) is 11.3. The van der Waals surface area contributed by atoms with Crippen LogP contribution in [0.2, 0.25) is 0 Å². The van der Waals surface area contributed by atoms with Gasteiger partial charge in [-0.1, -0.05) is 12.1 Å². The van der Waals surface area contributed by atoms with Crippen LogP contribution >= 0.6 is 10.7 Å². The minimum Gasteiger partial charge on any atom is -0.258 e. The van der Waals surface area contributed by atoms with Crippen LogP contribution in [0.15, 0.2) is 24.3 Å². The molecule has 1 rings (SSSR count). The lowest BCUT2D eigenvalue weighted by Gasteiger charge is -2.00. The van der Waals surface area contributed by atoms with E-state index in [1.807, 2.05) is 0 Å². The third-order valence-electron chi connectivity index (χ3n) is 1.60. The summed E-state index contributed by atoms with van der Waals surface area (Å²) in [5.74, 6) is 0. The quantitative estimate of drug-likeness (QED) is 0.493. The van der Waals surface area contributed by atoms with Gasteiger partial charge in [-0.3, -0.25) is 10.1 Å². The Bertz CT molecular complexity index is 456. The van der Waals surface area contributed by atoms with E-state index < -0.39 is 14.2 Å². The molecule has 0 fully saturated rings. The molecule has 0 saturated carbocycles. The fourth-order valence-corrected chi connectivity index (χ4v) is 1.41. The van der Waals surface area contributed by atoms with E-state index in [1.54, 1.807) is 0 Å². The summed E-state index contributed by atoms with van der Waals surface area (Å²) in [6.45, 7) is 0.00380. The lowest BCUT2D eigenvalue weighted by Crippen LogP contribution is -2.17. The molecule has 82 valence electrons. The Labute approximate surface area is 90.6 Å². The van der Waals surface area contributed by atoms with Crippen LogP contribution in [0, 0.1) is 10.1 Å². The van der Waals surface area contributed by atoms with Crippen LogP contribution in [-0.2, 0) is 15.8 Å². The van der Waals surface area contributed by atoms with Gasteiger partial charge >= 0.3 is 0 Å². The van der Waals surface area contributed by atoms with Gasteiger partial charge in [0.2, 0.25) is 0 Å². The first-order valence-electron chi connectivity index (χ1n) is 3.81. The highest BCUT2D eigenvalue weighted by atomic mass is 35.7. The van der Waals surface area contributed by atoms with Gasteiger partial charge in [-0.05, 0) is 5.56 Å². The molecule has 0 saturated heterocycles. The van der Waals surface area contributed by atoms with Crippen molar-refractivity contribution >= 4 is 25.6 Å². The summed E-state index contributed by atoms with van der Waals surface area (Å²) in [6.07, 6.45) is 0. The zero-order valence-corrected chi connectivity index (χ0v) is 8.96. The van der Waals surface area contributed by atoms with Crippen LogP contribution in [-0.4, -0.2) is 13.3 Å². The van der Waals surface area contributed by atoms with Crippen molar-refractivity contribution in [1.82, 2.24) is 4.72 Å². The van der Waals surface area contributed by atoms with Crippen molar-refractivity contribution in [3.8, 4) is 0 Å². The van der Waals surface area contributed by atoms with E-state index in [2.05, 4.69) is 4.72 Å². The van der Waals surface area contributed by atoms with Gasteiger partial charge in [-0.25, -0.2) is 0 Å². The minimum atomic E-state index is -3.76. The maximum atomic E-state index is 10.5. The summed E-state index contributed by atoms with van der Waals surface area (Å²) in [4.78, 5) is 9.77. The van der Waals surface area contributed by atoms with Crippen molar-refractivity contribution in [3.63, 3.8) is 0 Å². The molecule has 1 aromatic rings. The molecule has 0 aliphatic rings. The van der Waals surface area contributed by atoms with Gasteiger partial charge in [0, 0.05) is 29.4 Å². The number of halogens is 1. The Morgan fingerprint density at radius 3 is 2.27 bits per heavy atom. The molecule has 0 amide bonds. The van der Waals surface area contributed by atoms with Gasteiger partial charge in [-0.2, -0.15) is 13.1 Å². The van der Waals surface area contributed by atoms with Gasteiger partial charge < -0.3 is 0 Å². The smallest absolute Gasteiger partial charge is 0.258 e. The number of nitro benzene ring substituents is 1. The summed E-state index contributed by atoms with van der Waals surface area (Å²) in [5, 5.41) is 10.3. The van der Waals surface area contributed by atoms with Crippen molar-refractivity contribution in [2.24, 2.45) is 0 Å². The van der Waals surface area contributed by atoms with Crippen molar-refractivity contribution in [2.75, 3.05) is 0 Å². The lowest BCUT2D eigenvalue weighted by molar-refractivity contribution is -0.384. The molecule has 0 unspecified atom stereocenters. The van der Waals surface area contributed by atoms with E-state index in [4.69, 9.17) is 10.7 Å². The largest absolute Gasteiger partial charge is 0.297 e. The predicted octanol–water partition coefficient (Wildman–Crippen LogP) is 1.17. The molecular weight excluding hydrogens is 244 g/mol. The molecule has 8 heteroatoms. The van der Waals surface area contributed by atoms with Gasteiger partial charge in [-0.15, -0.1) is 0 Å². The maximum absolute atomic E-state index is 10.5. The Morgan fingerprint density at radius 1 is 1.33 bits per heavy atom. The van der Waals surface area contributed by atoms with Crippen LogP contribution in [0.4, 0.5) is 5.69 Å². The number of nitrogens with one attached hydrogen (secondary N) is 1. The molecule has 0 spiro atoms. The zero-order chi connectivity index (χ0) is 11.5. The third-order valence-corrected chi connectivity index (χ3v) is 2.41. The molecule has 0 aliphatic heterocycles. The Kier molecular flexibility index (Phi) is 3.61. The first kappa shape index (κ1) is 11.9. The molecule has 0 radical (unpaired) electrons. The highest BCUT2D eigenvalue weighted by Gasteiger charge is 2.06. The van der Waals surface area contributed by atoms with Crippen molar-refractivity contribution < 1.29 is 13.3 Å². The SMILES string of the molecule is O=[N+]([O-])c1ccc(CNS(=O)(=O)Cl)cc1. The second kappa shape index (κ2) is 4.56. The van der Waals surface area contributed by atoms with E-state index in [-0.39, 0.29) is 12.2 Å². The zero-order valence-electron chi connectivity index (χ0n) is 7.38. The van der Waals surface area contributed by atoms with Crippen LogP contribution in [0.3, 0.4) is 0 Å². The number of non-ortho nitro benzene ring substituents is 1. The van der Waals surface area contributed by atoms with Crippen LogP contribution in [0.5, 0.6) is 0 Å². The number of hydrogen-bond donors (Lipinski definition) is 1. The Morgan fingerprint density at radius 2 is 1.87 bits per heavy atom. The summed E-state index contributed by atoms with van der Waals surface area (Å²) >= 11 is 0. The second-order valence-corrected chi connectivity index (χ2v) is 5.07. The summed E-state index contributed by atoms with van der Waals surface area (Å²) in [6, 6.07) is 5.48. The predicted molar refractivity (Wildman–Crippen MR) is 54.7 cm³/mol. The number of nitrogens with zero attached hydrogens (tertiary/aromatic N) is 1. The summed E-state index contributed by atoms with van der Waals surface area (Å²) < 4.78 is 23.1. The fourth-order valence-electron chi connectivity index (χ4n) is 0.905. The van der Waals surface area contributed by atoms with Crippen molar-refractivity contribution in [3.05, 3.63) is 39.9 Å². The van der Waals surface area contributed by atoms with E-state index in [0.29, 0.717) is 5.56 Å². The van der Waals surface area contributed by atoms with Crippen molar-refractivity contribution in [2.45, 2.75) is 6.54 Å². The second-order valence-electron chi connectivity index (χ2n) is 2.68. The first-order valence-corrected chi connectivity index (χ1v) is 6.12. The number of rotatable bonds is 4. The van der Waals surface area contributed by atoms with Crippen LogP contribution < -0.4 is 4.72 Å². The van der Waals surface area contributed by atoms with Crippen molar-refractivity contribution in [1.29, 1.82) is 0 Å². The molecule has 0 heterocycles. The summed E-state index contributed by atoms with van der Waals surface area (Å²) in [7, 11) is 1.16. The van der Waals surface area contributed by atoms with E-state index in [1.165, 1.54) is 24.3 Å². The highest BCUT2D eigenvalue weighted by Crippen LogP contribution is 2.11. The first-order chi connectivity index (χ1) is 6.88. The fraction of sp³-hybridized carbons (Fsp3) is 0.143. The summed E-state index contributed by atoms with van der Waals surface area (Å²) in [5.41, 5.74) is 0.539. The highest BCUT2D eigenvalue weighted by molar-refractivity contribution is 8.12. The van der Waals surface area contributed by atoms with Crippen LogP contribution in [0.1, 0.15) is 5.56 Å². The monoisotopic (exact) mass is 250 g/mol. The van der Waals surface area contributed by atoms with Crippen LogP contribution in [0.25, 0.3) is 0 Å². The van der Waals surface area contributed by atoms with Gasteiger partial charge in [0.05, 0.1) is 4.92 Å². The van der Waals surface area contributed by atoms with E-state index in [9.17, 15) is 18.5 Å².